The second-order valence-electron chi connectivity index (χ2n) is 32.9. The van der Waals surface area contributed by atoms with Gasteiger partial charge in [0.05, 0.1) is 59.9 Å². The molecule has 5 rings (SSSR count). The van der Waals surface area contributed by atoms with Crippen molar-refractivity contribution in [3.63, 3.8) is 0 Å². The predicted molar refractivity (Wildman–Crippen MR) is 460 cm³/mol. The number of primary amides is 2. The van der Waals surface area contributed by atoms with E-state index < -0.39 is 89.3 Å². The number of non-ortho nitro benzene ring substituents is 1. The number of aliphatic hydroxyl groups excluding tert-OH is 1. The maximum Gasteiger partial charge on any atom is 0.514 e. The van der Waals surface area contributed by atoms with Crippen molar-refractivity contribution < 1.29 is 91.2 Å². The number of nitrogens with one attached hydrogen (secondary N) is 6. The minimum atomic E-state index is -0.981. The lowest BCUT2D eigenvalue weighted by Crippen LogP contribution is -2.54. The lowest BCUT2D eigenvalue weighted by atomic mass is 9.83. The number of carbonyl (C=O) groups is 12. The number of nitrogens with zero attached hydrogens (tertiary/aromatic N) is 4. The number of hydrogen-bond acceptors (Lipinski definition) is 22. The zero-order valence-corrected chi connectivity index (χ0v) is 73.9. The fourth-order valence-corrected chi connectivity index (χ4v) is 15.5. The number of methoxy groups -OCH3 is 2. The number of aliphatic hydroxyl groups is 1. The highest BCUT2D eigenvalue weighted by molar-refractivity contribution is 5.98. The van der Waals surface area contributed by atoms with Crippen molar-refractivity contribution in [3.05, 3.63) is 130 Å². The van der Waals surface area contributed by atoms with E-state index >= 15 is 0 Å². The molecule has 1 aliphatic rings. The van der Waals surface area contributed by atoms with Crippen LogP contribution >= 0.6 is 0 Å². The van der Waals surface area contributed by atoms with Crippen LogP contribution in [0.15, 0.2) is 103 Å². The minimum absolute atomic E-state index is 0.00442. The van der Waals surface area contributed by atoms with Gasteiger partial charge in [-0.25, -0.2) is 19.2 Å². The SMILES string of the molecule is CCC(C)[C@@H]([C@@H](CC(=O)N1CCCC1[C@H](OC)[C@@H](C)C(=O)C[C@H](C)[C@@H](O)c1ccccc1)OC)N(C)C(=O)[C@@H](CC(=O)[C@H](C(C)C)N(C)C(=O)OCc1ccc(NC(=O)C(CCCNC(N)=O)CC(=O)[C@@H](NC)C(C)C)cc1)C(C)C.CN[C@H](C(=O)CC(CCCNC(N)=O)C(=O)Nc1ccc(COC(=O)Oc2ccc([N+](=O)[O-])cc2)cc1)C(C)C. The summed E-state index contributed by atoms with van der Waals surface area (Å²) in [6, 6.07) is 23.6. The fourth-order valence-electron chi connectivity index (χ4n) is 15.5. The summed E-state index contributed by atoms with van der Waals surface area (Å²) in [6.45, 7) is 23.6. The van der Waals surface area contributed by atoms with Crippen molar-refractivity contribution in [2.75, 3.05) is 72.7 Å². The zero-order chi connectivity index (χ0) is 90.5. The van der Waals surface area contributed by atoms with E-state index in [0.29, 0.717) is 67.6 Å². The number of rotatable bonds is 50. The van der Waals surface area contributed by atoms with Crippen LogP contribution in [0.4, 0.5) is 36.2 Å². The Morgan fingerprint density at radius 1 is 0.587 bits per heavy atom. The first-order chi connectivity index (χ1) is 57.2. The smallest absolute Gasteiger partial charge is 0.445 e. The Labute approximate surface area is 713 Å². The van der Waals surface area contributed by atoms with E-state index in [4.69, 9.17) is 35.2 Å². The van der Waals surface area contributed by atoms with Crippen molar-refractivity contribution in [2.24, 2.45) is 70.6 Å². The molecule has 670 valence electrons. The van der Waals surface area contributed by atoms with Crippen LogP contribution in [0.1, 0.15) is 183 Å². The average Bonchev–Trinajstić information content (AvgIpc) is 1.59. The monoisotopic (exact) mass is 1690 g/mol. The van der Waals surface area contributed by atoms with Gasteiger partial charge in [-0.2, -0.15) is 0 Å². The quantitative estimate of drug-likeness (QED) is 0.00652. The molecule has 32 heteroatoms. The Hall–Kier alpha value is -10.3. The number of likely N-dealkylation sites (N-methyl/N-ethyl adjacent to an activating group) is 4. The Balaban J connectivity index is 0.000000640. The van der Waals surface area contributed by atoms with Crippen LogP contribution in [0.2, 0.25) is 0 Å². The first-order valence-corrected chi connectivity index (χ1v) is 41.9. The summed E-state index contributed by atoms with van der Waals surface area (Å²) in [5.74, 6) is -5.17. The van der Waals surface area contributed by atoms with Crippen LogP contribution in [-0.4, -0.2) is 200 Å². The molecule has 0 spiro atoms. The normalized spacial score (nSPS) is 15.9. The highest BCUT2D eigenvalue weighted by Crippen LogP contribution is 2.34. The van der Waals surface area contributed by atoms with Crippen molar-refractivity contribution in [1.82, 2.24) is 36.0 Å². The lowest BCUT2D eigenvalue weighted by Gasteiger charge is -2.41. The molecule has 14 atom stereocenters. The molecule has 1 heterocycles. The molecular weight excluding hydrogens is 1560 g/mol. The summed E-state index contributed by atoms with van der Waals surface area (Å²) in [6.07, 6.45) is -0.179. The van der Waals surface area contributed by atoms with E-state index in [2.05, 4.69) is 31.9 Å². The number of Topliss-reactive ketones (excluding diaryl/α,β-unsaturated/α-hetero) is 4. The number of ketones is 4. The van der Waals surface area contributed by atoms with E-state index in [1.165, 1.54) is 43.3 Å². The van der Waals surface area contributed by atoms with E-state index in [1.54, 1.807) is 86.6 Å². The summed E-state index contributed by atoms with van der Waals surface area (Å²) in [4.78, 5) is 173. The number of likely N-dealkylation sites (tertiary alicyclic amines) is 1. The maximum atomic E-state index is 14.8. The number of nitro benzene ring substituents is 1. The first kappa shape index (κ1) is 103. The summed E-state index contributed by atoms with van der Waals surface area (Å²) >= 11 is 0. The van der Waals surface area contributed by atoms with E-state index in [0.717, 1.165) is 12.0 Å². The predicted octanol–water partition coefficient (Wildman–Crippen LogP) is 11.5. The molecule has 9 amide bonds. The molecule has 0 saturated carbocycles. The first-order valence-electron chi connectivity index (χ1n) is 41.9. The van der Waals surface area contributed by atoms with Gasteiger partial charge in [-0.3, -0.25) is 48.5 Å². The molecule has 11 N–H and O–H groups in total. The third kappa shape index (κ3) is 33.2. The number of ether oxygens (including phenoxy) is 5. The molecule has 4 aromatic rings. The second-order valence-corrected chi connectivity index (χ2v) is 32.9. The van der Waals surface area contributed by atoms with Crippen LogP contribution in [0.3, 0.4) is 0 Å². The molecule has 32 nitrogen and oxygen atoms in total. The van der Waals surface area contributed by atoms with E-state index in [-0.39, 0.29) is 164 Å². The number of carbonyl (C=O) groups excluding carboxylic acids is 12. The third-order valence-electron chi connectivity index (χ3n) is 22.5. The number of hydrogen-bond donors (Lipinski definition) is 9. The number of amides is 9. The van der Waals surface area contributed by atoms with Gasteiger partial charge in [0.1, 0.15) is 24.7 Å². The van der Waals surface area contributed by atoms with Crippen LogP contribution in [0.5, 0.6) is 5.75 Å². The number of anilines is 2. The Morgan fingerprint density at radius 2 is 1.08 bits per heavy atom. The maximum absolute atomic E-state index is 14.8. The van der Waals surface area contributed by atoms with Gasteiger partial charge >= 0.3 is 24.3 Å². The van der Waals surface area contributed by atoms with Crippen LogP contribution in [0, 0.1) is 69.3 Å². The fraction of sp³-hybridized carbons (Fsp3) is 0.596. The molecule has 4 unspecified atom stereocenters. The van der Waals surface area contributed by atoms with Gasteiger partial charge < -0.3 is 86.9 Å². The van der Waals surface area contributed by atoms with Gasteiger partial charge in [0.2, 0.25) is 23.6 Å². The lowest BCUT2D eigenvalue weighted by molar-refractivity contribution is -0.384. The molecule has 1 fully saturated rings. The second kappa shape index (κ2) is 52.1. The Morgan fingerprint density at radius 3 is 1.51 bits per heavy atom. The Bertz CT molecular complexity index is 3980. The number of nitro groups is 1. The van der Waals surface area contributed by atoms with Crippen molar-refractivity contribution >= 4 is 88.1 Å². The van der Waals surface area contributed by atoms with Crippen LogP contribution in [0.25, 0.3) is 0 Å². The highest BCUT2D eigenvalue weighted by Gasteiger charge is 2.44. The third-order valence-corrected chi connectivity index (χ3v) is 22.5. The van der Waals surface area contributed by atoms with Gasteiger partial charge in [-0.1, -0.05) is 144 Å². The molecule has 0 aromatic heterocycles. The molecule has 1 aliphatic heterocycles. The van der Waals surface area contributed by atoms with Gasteiger partial charge in [0.25, 0.3) is 5.69 Å². The standard InChI is InChI=1S/C62H99N7O12.C27H35N5O8/c1-16-40(8)56(52(79-14)35-53(73)69-31-21-25-48(69)58(80-15)42(10)49(70)32-41(9)57(74)44-22-18-17-19-23-44)67(12)60(76)47(37(2)3)34-51(72)55(39(6)7)68(13)62(78)81-36-43-26-28-46(29-27-43)66-59(75)45(24-20-30-65-61(63)77)33-50(71)54(64-11)38(4)5;1-17(2)24(29-3)23(33)15-19(5-4-14-30-26(28)35)25(34)31-20-8-6-18(7-9-20)16-39-27(36)40-22-12-10-21(11-13-22)32(37)38/h17-19,22-23,26-29,37-42,45,47-48,52,54-58,64,74H,16,20-21,24-25,30-36H2,1-15H3,(H,66,75)(H3,63,65,77);6-13,17,19,24,29H,4-5,14-16H2,1-3H3,(H,31,34)(H3,28,30,35)/t40?,41-,42-,45?,47-,48?,52+,54-,55-,56-,57+,58+;19?,24-/m00/s1. The summed E-state index contributed by atoms with van der Waals surface area (Å²) in [7, 11) is 9.71. The number of urea groups is 2. The molecule has 0 radical (unpaired) electrons. The highest BCUT2D eigenvalue weighted by atomic mass is 16.7. The molecule has 121 heavy (non-hydrogen) atoms. The summed E-state index contributed by atoms with van der Waals surface area (Å²) in [5.41, 5.74) is 13.1. The van der Waals surface area contributed by atoms with Crippen LogP contribution < -0.4 is 48.1 Å². The topological polar surface area (TPSA) is 448 Å². The van der Waals surface area contributed by atoms with Crippen LogP contribution in [-0.2, 0) is 70.5 Å². The van der Waals surface area contributed by atoms with Crippen molar-refractivity contribution in [3.8, 4) is 5.75 Å². The number of nitrogens with two attached hydrogens (primary N) is 2. The molecule has 1 saturated heterocycles. The van der Waals surface area contributed by atoms with Gasteiger partial charge in [-0.15, -0.1) is 0 Å². The van der Waals surface area contributed by atoms with Gasteiger partial charge in [0.15, 0.2) is 17.3 Å². The van der Waals surface area contributed by atoms with Crippen molar-refractivity contribution in [1.29, 1.82) is 0 Å². The zero-order valence-electron chi connectivity index (χ0n) is 73.9. The van der Waals surface area contributed by atoms with Crippen molar-refractivity contribution in [2.45, 2.75) is 222 Å². The molecule has 0 aliphatic carbocycles. The molecule has 0 bridgehead atoms. The summed E-state index contributed by atoms with van der Waals surface area (Å²) < 4.78 is 27.9. The Kier molecular flexibility index (Phi) is 44.4. The molecular formula is C89H134N12O20. The van der Waals surface area contributed by atoms with Gasteiger partial charge in [0, 0.05) is 121 Å². The molecule has 4 aromatic carbocycles. The summed E-state index contributed by atoms with van der Waals surface area (Å²) in [5, 5.41) is 38.4. The minimum Gasteiger partial charge on any atom is -0.445 e. The number of benzene rings is 4. The average molecular weight is 1690 g/mol. The largest absolute Gasteiger partial charge is 0.514 e. The van der Waals surface area contributed by atoms with E-state index in [1.807, 2.05) is 113 Å². The van der Waals surface area contributed by atoms with E-state index in [9.17, 15) is 72.8 Å². The van der Waals surface area contributed by atoms with Gasteiger partial charge in [-0.05, 0) is 141 Å².